The third kappa shape index (κ3) is 7.22. The standard InChI is InChI=1S/C27H31N3O6S/c1-27(35-4,36-5)26(32)30-22-10-7-13-28-25(22)37-17-18-8-6-9-19(14-18)24(31)29-16-20-11-12-21(33-2)15-23(20)34-3/h6-15H,16-17H2,1-5H3,(H,29,31)(H,30,32). The third-order valence-corrected chi connectivity index (χ3v) is 6.79. The molecule has 0 aliphatic heterocycles. The smallest absolute Gasteiger partial charge is 0.284 e. The Labute approximate surface area is 220 Å². The number of hydrogen-bond acceptors (Lipinski definition) is 8. The topological polar surface area (TPSA) is 108 Å². The Kier molecular flexibility index (Phi) is 9.90. The van der Waals surface area contributed by atoms with Gasteiger partial charge in [0.15, 0.2) is 0 Å². The van der Waals surface area contributed by atoms with Gasteiger partial charge < -0.3 is 29.6 Å². The lowest BCUT2D eigenvalue weighted by Gasteiger charge is -2.25. The number of rotatable bonds is 12. The largest absolute Gasteiger partial charge is 0.497 e. The van der Waals surface area contributed by atoms with E-state index in [4.69, 9.17) is 18.9 Å². The maximum atomic E-state index is 12.8. The van der Waals surface area contributed by atoms with Crippen molar-refractivity contribution in [3.05, 3.63) is 77.5 Å². The zero-order valence-electron chi connectivity index (χ0n) is 21.5. The van der Waals surface area contributed by atoms with Crippen molar-refractivity contribution in [3.8, 4) is 11.5 Å². The van der Waals surface area contributed by atoms with Crippen molar-refractivity contribution in [2.45, 2.75) is 30.0 Å². The second-order valence-electron chi connectivity index (χ2n) is 8.01. The van der Waals surface area contributed by atoms with Crippen LogP contribution in [0.1, 0.15) is 28.4 Å². The highest BCUT2D eigenvalue weighted by atomic mass is 32.2. The lowest BCUT2D eigenvalue weighted by atomic mass is 10.1. The molecule has 10 heteroatoms. The van der Waals surface area contributed by atoms with Crippen molar-refractivity contribution in [3.63, 3.8) is 0 Å². The quantitative estimate of drug-likeness (QED) is 0.267. The number of thioether (sulfide) groups is 1. The Morgan fingerprint density at radius 3 is 2.46 bits per heavy atom. The number of hydrogen-bond donors (Lipinski definition) is 2. The zero-order valence-corrected chi connectivity index (χ0v) is 22.3. The second kappa shape index (κ2) is 13.1. The van der Waals surface area contributed by atoms with Gasteiger partial charge in [-0.1, -0.05) is 23.9 Å². The Bertz CT molecular complexity index is 1230. The van der Waals surface area contributed by atoms with Crippen LogP contribution in [0.4, 0.5) is 5.69 Å². The minimum Gasteiger partial charge on any atom is -0.497 e. The van der Waals surface area contributed by atoms with Crippen LogP contribution in [-0.2, 0) is 26.6 Å². The molecule has 0 bridgehead atoms. The van der Waals surface area contributed by atoms with Gasteiger partial charge in [-0.15, -0.1) is 0 Å². The molecule has 2 N–H and O–H groups in total. The average Bonchev–Trinajstić information content (AvgIpc) is 2.94. The van der Waals surface area contributed by atoms with Gasteiger partial charge in [0.25, 0.3) is 11.8 Å². The molecule has 0 atom stereocenters. The van der Waals surface area contributed by atoms with Gasteiger partial charge in [-0.3, -0.25) is 9.59 Å². The predicted octanol–water partition coefficient (Wildman–Crippen LogP) is 4.27. The van der Waals surface area contributed by atoms with Crippen LogP contribution in [0.25, 0.3) is 0 Å². The first-order valence-electron chi connectivity index (χ1n) is 11.4. The molecule has 0 radical (unpaired) electrons. The van der Waals surface area contributed by atoms with E-state index >= 15 is 0 Å². The first-order valence-corrected chi connectivity index (χ1v) is 12.4. The van der Waals surface area contributed by atoms with Gasteiger partial charge >= 0.3 is 0 Å². The Morgan fingerprint density at radius 1 is 0.973 bits per heavy atom. The van der Waals surface area contributed by atoms with Gasteiger partial charge in [-0.2, -0.15) is 0 Å². The average molecular weight is 526 g/mol. The number of pyridine rings is 1. The van der Waals surface area contributed by atoms with E-state index in [1.54, 1.807) is 44.7 Å². The Balaban J connectivity index is 1.65. The van der Waals surface area contributed by atoms with Gasteiger partial charge in [-0.05, 0) is 48.9 Å². The molecular formula is C27H31N3O6S. The van der Waals surface area contributed by atoms with Gasteiger partial charge in [0, 0.05) is 49.9 Å². The number of carbonyl (C=O) groups excluding carboxylic acids is 2. The molecule has 9 nitrogen and oxygen atoms in total. The van der Waals surface area contributed by atoms with Gasteiger partial charge in [0.05, 0.1) is 19.9 Å². The predicted molar refractivity (Wildman–Crippen MR) is 142 cm³/mol. The molecule has 0 aliphatic rings. The van der Waals surface area contributed by atoms with Gasteiger partial charge in [0.2, 0.25) is 5.79 Å². The number of nitrogens with one attached hydrogen (secondary N) is 2. The van der Waals surface area contributed by atoms with Crippen LogP contribution in [0.3, 0.4) is 0 Å². The minimum atomic E-state index is -1.42. The summed E-state index contributed by atoms with van der Waals surface area (Å²) in [5.41, 5.74) is 2.85. The fourth-order valence-electron chi connectivity index (χ4n) is 3.34. The van der Waals surface area contributed by atoms with Crippen molar-refractivity contribution < 1.29 is 28.5 Å². The molecule has 37 heavy (non-hydrogen) atoms. The van der Waals surface area contributed by atoms with Crippen molar-refractivity contribution >= 4 is 29.3 Å². The summed E-state index contributed by atoms with van der Waals surface area (Å²) in [5, 5.41) is 6.38. The number of benzene rings is 2. The van der Waals surface area contributed by atoms with Crippen LogP contribution < -0.4 is 20.1 Å². The Hall–Kier alpha value is -3.60. The van der Waals surface area contributed by atoms with Gasteiger partial charge in [0.1, 0.15) is 16.5 Å². The molecule has 3 rings (SSSR count). The molecule has 0 saturated heterocycles. The lowest BCUT2D eigenvalue weighted by Crippen LogP contribution is -2.43. The molecule has 0 saturated carbocycles. The number of anilines is 1. The Morgan fingerprint density at radius 2 is 1.76 bits per heavy atom. The van der Waals surface area contributed by atoms with E-state index in [1.807, 2.05) is 30.3 Å². The molecule has 0 unspecified atom stereocenters. The third-order valence-electron chi connectivity index (χ3n) is 5.71. The van der Waals surface area contributed by atoms with Crippen molar-refractivity contribution in [1.29, 1.82) is 0 Å². The number of amides is 2. The first kappa shape index (κ1) is 28.0. The molecule has 2 aromatic carbocycles. The maximum absolute atomic E-state index is 12.8. The summed E-state index contributed by atoms with van der Waals surface area (Å²) in [5.74, 6) is -0.207. The highest BCUT2D eigenvalue weighted by Gasteiger charge is 2.33. The summed E-state index contributed by atoms with van der Waals surface area (Å²) in [7, 11) is 5.97. The molecular weight excluding hydrogens is 494 g/mol. The maximum Gasteiger partial charge on any atom is 0.284 e. The number of nitrogens with zero attached hydrogens (tertiary/aromatic N) is 1. The van der Waals surface area contributed by atoms with Gasteiger partial charge in [-0.25, -0.2) is 4.98 Å². The highest BCUT2D eigenvalue weighted by molar-refractivity contribution is 7.98. The molecule has 2 amide bonds. The monoisotopic (exact) mass is 525 g/mol. The summed E-state index contributed by atoms with van der Waals surface area (Å²) >= 11 is 1.44. The van der Waals surface area contributed by atoms with Crippen LogP contribution in [-0.4, -0.2) is 51.0 Å². The molecule has 1 aromatic heterocycles. The SMILES string of the molecule is COc1ccc(CNC(=O)c2cccc(CSc3ncccc3NC(=O)C(C)(OC)OC)c2)c(OC)c1. The van der Waals surface area contributed by atoms with Crippen molar-refractivity contribution in [2.75, 3.05) is 33.8 Å². The van der Waals surface area contributed by atoms with Crippen molar-refractivity contribution in [2.24, 2.45) is 0 Å². The van der Waals surface area contributed by atoms with E-state index in [9.17, 15) is 9.59 Å². The van der Waals surface area contributed by atoms with E-state index in [-0.39, 0.29) is 5.91 Å². The number of carbonyl (C=O) groups is 2. The van der Waals surface area contributed by atoms with E-state index in [1.165, 1.54) is 32.9 Å². The fraction of sp³-hybridized carbons (Fsp3) is 0.296. The fourth-order valence-corrected chi connectivity index (χ4v) is 4.23. The molecule has 0 spiro atoms. The van der Waals surface area contributed by atoms with E-state index in [0.717, 1.165) is 11.1 Å². The summed E-state index contributed by atoms with van der Waals surface area (Å²) in [6.45, 7) is 1.84. The normalized spacial score (nSPS) is 11.1. The summed E-state index contributed by atoms with van der Waals surface area (Å²) in [6.07, 6.45) is 1.65. The van der Waals surface area contributed by atoms with E-state index < -0.39 is 11.7 Å². The van der Waals surface area contributed by atoms with Crippen LogP contribution in [0, 0.1) is 0 Å². The number of methoxy groups -OCH3 is 4. The van der Waals surface area contributed by atoms with Crippen molar-refractivity contribution in [1.82, 2.24) is 10.3 Å². The highest BCUT2D eigenvalue weighted by Crippen LogP contribution is 2.29. The molecule has 1 heterocycles. The second-order valence-corrected chi connectivity index (χ2v) is 8.98. The molecule has 0 aliphatic carbocycles. The zero-order chi connectivity index (χ0) is 26.8. The first-order chi connectivity index (χ1) is 17.8. The molecule has 3 aromatic rings. The molecule has 196 valence electrons. The minimum absolute atomic E-state index is 0.200. The summed E-state index contributed by atoms with van der Waals surface area (Å²) in [6, 6.07) is 16.3. The number of ether oxygens (including phenoxy) is 4. The summed E-state index contributed by atoms with van der Waals surface area (Å²) < 4.78 is 21.0. The van der Waals surface area contributed by atoms with Crippen LogP contribution in [0.5, 0.6) is 11.5 Å². The van der Waals surface area contributed by atoms with E-state index in [0.29, 0.717) is 40.1 Å². The van der Waals surface area contributed by atoms with E-state index in [2.05, 4.69) is 15.6 Å². The van der Waals surface area contributed by atoms with Crippen LogP contribution >= 0.6 is 11.8 Å². The lowest BCUT2D eigenvalue weighted by molar-refractivity contribution is -0.195. The summed E-state index contributed by atoms with van der Waals surface area (Å²) in [4.78, 5) is 29.8. The van der Waals surface area contributed by atoms with Crippen LogP contribution in [0.2, 0.25) is 0 Å². The number of aromatic nitrogens is 1. The molecule has 0 fully saturated rings. The van der Waals surface area contributed by atoms with Crippen LogP contribution in [0.15, 0.2) is 65.8 Å².